The molecule has 2 N–H and O–H groups in total. The minimum atomic E-state index is -0.963. The molecule has 7 heteroatoms. The van der Waals surface area contributed by atoms with Gasteiger partial charge in [-0.15, -0.1) is 0 Å². The quantitative estimate of drug-likeness (QED) is 0.750. The summed E-state index contributed by atoms with van der Waals surface area (Å²) in [6.45, 7) is 5.46. The van der Waals surface area contributed by atoms with Gasteiger partial charge in [-0.2, -0.15) is 0 Å². The van der Waals surface area contributed by atoms with Gasteiger partial charge in [0.15, 0.2) is 11.5 Å². The Morgan fingerprint density at radius 1 is 1.30 bits per heavy atom. The highest BCUT2D eigenvalue weighted by Crippen LogP contribution is 2.36. The van der Waals surface area contributed by atoms with E-state index in [0.717, 1.165) is 0 Å². The van der Waals surface area contributed by atoms with Gasteiger partial charge in [-0.05, 0) is 40.9 Å². The van der Waals surface area contributed by atoms with Crippen molar-refractivity contribution < 1.29 is 24.2 Å². The van der Waals surface area contributed by atoms with Crippen molar-refractivity contribution in [3.63, 3.8) is 0 Å². The maximum Gasteiger partial charge on any atom is 0.305 e. The number of rotatable bonds is 7. The number of hydrogen-bond acceptors (Lipinski definition) is 4. The molecule has 0 fully saturated rings. The van der Waals surface area contributed by atoms with Gasteiger partial charge in [0, 0.05) is 5.56 Å². The average molecular weight is 388 g/mol. The summed E-state index contributed by atoms with van der Waals surface area (Å²) < 4.78 is 11.0. The van der Waals surface area contributed by atoms with Crippen LogP contribution >= 0.6 is 15.9 Å². The van der Waals surface area contributed by atoms with Gasteiger partial charge in [0.2, 0.25) is 0 Å². The SMILES string of the molecule is COc1cc(C(=O)NC(C)(CC(=O)O)C(C)C)cc(Br)c1OC. The maximum absolute atomic E-state index is 12.5. The number of ether oxygens (including phenoxy) is 2. The normalized spacial score (nSPS) is 13.3. The molecular weight excluding hydrogens is 366 g/mol. The van der Waals surface area contributed by atoms with Gasteiger partial charge in [-0.25, -0.2) is 0 Å². The molecule has 1 aromatic carbocycles. The van der Waals surface area contributed by atoms with Crippen LogP contribution in [0.3, 0.4) is 0 Å². The summed E-state index contributed by atoms with van der Waals surface area (Å²) >= 11 is 3.34. The van der Waals surface area contributed by atoms with E-state index in [9.17, 15) is 9.59 Å². The molecule has 0 saturated carbocycles. The lowest BCUT2D eigenvalue weighted by Gasteiger charge is -2.33. The number of aliphatic carboxylic acids is 1. The first-order valence-corrected chi connectivity index (χ1v) is 7.89. The molecular formula is C16H22BrNO5. The van der Waals surface area contributed by atoms with Crippen LogP contribution in [-0.2, 0) is 4.79 Å². The number of benzene rings is 1. The zero-order valence-corrected chi connectivity index (χ0v) is 15.5. The molecule has 0 aliphatic heterocycles. The van der Waals surface area contributed by atoms with Gasteiger partial charge < -0.3 is 19.9 Å². The van der Waals surface area contributed by atoms with Gasteiger partial charge in [-0.1, -0.05) is 13.8 Å². The van der Waals surface area contributed by atoms with Crippen molar-refractivity contribution in [3.05, 3.63) is 22.2 Å². The third-order valence-corrected chi connectivity index (χ3v) is 4.48. The minimum absolute atomic E-state index is 0.0499. The molecule has 0 aliphatic rings. The lowest BCUT2D eigenvalue weighted by molar-refractivity contribution is -0.138. The molecule has 0 aromatic heterocycles. The lowest BCUT2D eigenvalue weighted by atomic mass is 9.85. The molecule has 0 heterocycles. The summed E-state index contributed by atoms with van der Waals surface area (Å²) in [4.78, 5) is 23.6. The second kappa shape index (κ2) is 7.68. The Bertz CT molecular complexity index is 602. The topological polar surface area (TPSA) is 84.9 Å². The molecule has 1 rings (SSSR count). The smallest absolute Gasteiger partial charge is 0.305 e. The number of hydrogen-bond donors (Lipinski definition) is 2. The number of carboxylic acid groups (broad SMARTS) is 1. The number of nitrogens with one attached hydrogen (secondary N) is 1. The van der Waals surface area contributed by atoms with Crippen LogP contribution in [0, 0.1) is 5.92 Å². The van der Waals surface area contributed by atoms with E-state index in [-0.39, 0.29) is 18.2 Å². The monoisotopic (exact) mass is 387 g/mol. The van der Waals surface area contributed by atoms with Crippen molar-refractivity contribution in [1.82, 2.24) is 5.32 Å². The average Bonchev–Trinajstić information content (AvgIpc) is 2.44. The van der Waals surface area contributed by atoms with Crippen LogP contribution in [0.4, 0.5) is 0 Å². The zero-order chi connectivity index (χ0) is 17.8. The molecule has 0 saturated heterocycles. The van der Waals surface area contributed by atoms with Crippen molar-refractivity contribution in [3.8, 4) is 11.5 Å². The maximum atomic E-state index is 12.5. The molecule has 1 amide bonds. The minimum Gasteiger partial charge on any atom is -0.493 e. The van der Waals surface area contributed by atoms with Crippen molar-refractivity contribution in [2.24, 2.45) is 5.92 Å². The number of methoxy groups -OCH3 is 2. The molecule has 1 aromatic rings. The molecule has 0 aliphatic carbocycles. The van der Waals surface area contributed by atoms with E-state index in [0.29, 0.717) is 21.5 Å². The summed E-state index contributed by atoms with van der Waals surface area (Å²) in [5, 5.41) is 11.9. The number of halogens is 1. The van der Waals surface area contributed by atoms with Crippen LogP contribution in [0.1, 0.15) is 37.6 Å². The molecule has 0 radical (unpaired) electrons. The van der Waals surface area contributed by atoms with Gasteiger partial charge in [0.05, 0.1) is 30.7 Å². The van der Waals surface area contributed by atoms with E-state index in [1.165, 1.54) is 14.2 Å². The number of carboxylic acids is 1. The van der Waals surface area contributed by atoms with Crippen molar-refractivity contribution >= 4 is 27.8 Å². The van der Waals surface area contributed by atoms with Crippen molar-refractivity contribution in [2.75, 3.05) is 14.2 Å². The van der Waals surface area contributed by atoms with Gasteiger partial charge in [0.25, 0.3) is 5.91 Å². The first-order valence-electron chi connectivity index (χ1n) is 7.10. The van der Waals surface area contributed by atoms with Crippen LogP contribution < -0.4 is 14.8 Å². The third kappa shape index (κ3) is 4.60. The molecule has 6 nitrogen and oxygen atoms in total. The van der Waals surface area contributed by atoms with E-state index in [2.05, 4.69) is 21.2 Å². The van der Waals surface area contributed by atoms with E-state index >= 15 is 0 Å². The van der Waals surface area contributed by atoms with E-state index in [1.807, 2.05) is 13.8 Å². The number of carbonyl (C=O) groups is 2. The highest BCUT2D eigenvalue weighted by molar-refractivity contribution is 9.10. The summed E-state index contributed by atoms with van der Waals surface area (Å²) in [7, 11) is 2.99. The second-order valence-corrected chi connectivity index (χ2v) is 6.64. The summed E-state index contributed by atoms with van der Waals surface area (Å²) in [5.74, 6) is -0.483. The molecule has 0 spiro atoms. The first-order chi connectivity index (χ1) is 10.6. The van der Waals surface area contributed by atoms with E-state index in [4.69, 9.17) is 14.6 Å². The zero-order valence-electron chi connectivity index (χ0n) is 13.9. The Morgan fingerprint density at radius 2 is 1.91 bits per heavy atom. The van der Waals surface area contributed by atoms with Crippen LogP contribution in [0.25, 0.3) is 0 Å². The lowest BCUT2D eigenvalue weighted by Crippen LogP contribution is -2.51. The van der Waals surface area contributed by atoms with E-state index < -0.39 is 11.5 Å². The number of carbonyl (C=O) groups excluding carboxylic acids is 1. The summed E-state index contributed by atoms with van der Waals surface area (Å²) in [6.07, 6.45) is -0.162. The highest BCUT2D eigenvalue weighted by atomic mass is 79.9. The van der Waals surface area contributed by atoms with Crippen LogP contribution in [0.15, 0.2) is 16.6 Å². The van der Waals surface area contributed by atoms with Crippen LogP contribution in [0.5, 0.6) is 11.5 Å². The van der Waals surface area contributed by atoms with E-state index in [1.54, 1.807) is 19.1 Å². The van der Waals surface area contributed by atoms with Gasteiger partial charge in [0.1, 0.15) is 0 Å². The molecule has 1 unspecified atom stereocenters. The van der Waals surface area contributed by atoms with Gasteiger partial charge >= 0.3 is 5.97 Å². The Kier molecular flexibility index (Phi) is 6.44. The Labute approximate surface area is 144 Å². The molecule has 23 heavy (non-hydrogen) atoms. The molecule has 128 valence electrons. The predicted molar refractivity (Wildman–Crippen MR) is 90.2 cm³/mol. The third-order valence-electron chi connectivity index (χ3n) is 3.89. The molecule has 0 bridgehead atoms. The molecule has 1 atom stereocenters. The van der Waals surface area contributed by atoms with Gasteiger partial charge in [-0.3, -0.25) is 9.59 Å². The highest BCUT2D eigenvalue weighted by Gasteiger charge is 2.33. The van der Waals surface area contributed by atoms with Crippen LogP contribution in [0.2, 0.25) is 0 Å². The Morgan fingerprint density at radius 3 is 2.35 bits per heavy atom. The van der Waals surface area contributed by atoms with Crippen molar-refractivity contribution in [2.45, 2.75) is 32.7 Å². The second-order valence-electron chi connectivity index (χ2n) is 5.79. The first kappa shape index (κ1) is 19.3. The predicted octanol–water partition coefficient (Wildman–Crippen LogP) is 3.09. The summed E-state index contributed by atoms with van der Waals surface area (Å²) in [6, 6.07) is 3.17. The fourth-order valence-corrected chi connectivity index (χ4v) is 2.69. The standard InChI is InChI=1S/C16H22BrNO5/c1-9(2)16(3,8-13(19)20)18-15(21)10-6-11(17)14(23-5)12(7-10)22-4/h6-7,9H,8H2,1-5H3,(H,18,21)(H,19,20). The van der Waals surface area contributed by atoms with Crippen LogP contribution in [-0.4, -0.2) is 36.7 Å². The van der Waals surface area contributed by atoms with Crippen molar-refractivity contribution in [1.29, 1.82) is 0 Å². The largest absolute Gasteiger partial charge is 0.493 e. The summed E-state index contributed by atoms with van der Waals surface area (Å²) in [5.41, 5.74) is -0.505. The Hall–Kier alpha value is -1.76. The number of amides is 1. The fraction of sp³-hybridized carbons (Fsp3) is 0.500. The Balaban J connectivity index is 3.14. The fourth-order valence-electron chi connectivity index (χ4n) is 2.09.